The summed E-state index contributed by atoms with van der Waals surface area (Å²) in [5, 5.41) is 0. The molecule has 2 aromatic heterocycles. The molecule has 0 N–H and O–H groups in total. The molecule has 0 unspecified atom stereocenters. The number of nitrogens with zero attached hydrogens (tertiary/aromatic N) is 2. The Morgan fingerprint density at radius 2 is 0.889 bits per heavy atom. The fourth-order valence-electron chi connectivity index (χ4n) is 2.39. The molecule has 132 valence electrons. The predicted octanol–water partition coefficient (Wildman–Crippen LogP) is 5.85. The van der Waals surface area contributed by atoms with Crippen LogP contribution in [0.1, 0.15) is 0 Å². The Kier molecular flexibility index (Phi) is 4.93. The molecule has 4 aromatic rings. The molecule has 27 heavy (non-hydrogen) atoms. The molecule has 0 radical (unpaired) electrons. The van der Waals surface area contributed by atoms with Crippen LogP contribution in [0.3, 0.4) is 0 Å². The lowest BCUT2D eigenvalue weighted by Crippen LogP contribution is -1.90. The van der Waals surface area contributed by atoms with Crippen LogP contribution in [0.4, 0.5) is 0 Å². The van der Waals surface area contributed by atoms with Gasteiger partial charge >= 0.3 is 0 Å². The monoisotopic (exact) mass is 356 g/mol. The van der Waals surface area contributed by atoms with Gasteiger partial charge in [0, 0.05) is 36.7 Å². The smallest absolute Gasteiger partial charge is 0.219 e. The molecule has 0 saturated heterocycles. The van der Waals surface area contributed by atoms with Crippen molar-refractivity contribution in [3.8, 4) is 34.8 Å². The second kappa shape index (κ2) is 8.01. The number of pyridine rings is 2. The highest BCUT2D eigenvalue weighted by Gasteiger charge is 2.04. The van der Waals surface area contributed by atoms with E-state index in [1.807, 2.05) is 60.7 Å². The SMILES string of the molecule is c1ccc(Oc2cccc(Oc3cccc(Oc4ccccn4)c3)c2)nc1. The maximum absolute atomic E-state index is 5.93. The van der Waals surface area contributed by atoms with E-state index in [0.29, 0.717) is 34.8 Å². The lowest BCUT2D eigenvalue weighted by molar-refractivity contribution is 0.441. The van der Waals surface area contributed by atoms with Crippen molar-refractivity contribution in [2.75, 3.05) is 0 Å². The molecule has 0 bridgehead atoms. The highest BCUT2D eigenvalue weighted by molar-refractivity contribution is 5.41. The van der Waals surface area contributed by atoms with Crippen LogP contribution in [0.25, 0.3) is 0 Å². The van der Waals surface area contributed by atoms with Gasteiger partial charge in [-0.05, 0) is 36.4 Å². The van der Waals surface area contributed by atoms with Gasteiger partial charge in [-0.3, -0.25) is 0 Å². The molecule has 5 heteroatoms. The molecule has 0 aliphatic heterocycles. The van der Waals surface area contributed by atoms with E-state index in [4.69, 9.17) is 14.2 Å². The number of hydrogen-bond acceptors (Lipinski definition) is 5. The quantitative estimate of drug-likeness (QED) is 0.433. The molecule has 2 aromatic carbocycles. The van der Waals surface area contributed by atoms with Crippen molar-refractivity contribution >= 4 is 0 Å². The fourth-order valence-corrected chi connectivity index (χ4v) is 2.39. The zero-order valence-corrected chi connectivity index (χ0v) is 14.4. The average Bonchev–Trinajstić information content (AvgIpc) is 2.70. The van der Waals surface area contributed by atoms with Gasteiger partial charge in [-0.1, -0.05) is 24.3 Å². The van der Waals surface area contributed by atoms with Crippen LogP contribution in [0.5, 0.6) is 34.8 Å². The van der Waals surface area contributed by atoms with E-state index in [1.54, 1.807) is 36.7 Å². The van der Waals surface area contributed by atoms with Gasteiger partial charge in [0.1, 0.15) is 23.0 Å². The number of hydrogen-bond donors (Lipinski definition) is 0. The van der Waals surface area contributed by atoms with Crippen LogP contribution < -0.4 is 14.2 Å². The third-order valence-electron chi connectivity index (χ3n) is 3.57. The van der Waals surface area contributed by atoms with Crippen LogP contribution in [0.15, 0.2) is 97.3 Å². The molecule has 2 heterocycles. The molecule has 0 aliphatic rings. The predicted molar refractivity (Wildman–Crippen MR) is 102 cm³/mol. The van der Waals surface area contributed by atoms with Gasteiger partial charge in [0.2, 0.25) is 11.8 Å². The second-order valence-electron chi connectivity index (χ2n) is 5.59. The van der Waals surface area contributed by atoms with Crippen molar-refractivity contribution in [3.05, 3.63) is 97.3 Å². The summed E-state index contributed by atoms with van der Waals surface area (Å²) >= 11 is 0. The average molecular weight is 356 g/mol. The van der Waals surface area contributed by atoms with Gasteiger partial charge in [-0.15, -0.1) is 0 Å². The van der Waals surface area contributed by atoms with Crippen LogP contribution in [-0.4, -0.2) is 9.97 Å². The standard InChI is InChI=1S/C22H16N2O3/c1-3-13-23-21(11-1)26-19-9-5-7-17(15-19)25-18-8-6-10-20(16-18)27-22-12-2-4-14-24-22/h1-16H. The Hall–Kier alpha value is -3.86. The summed E-state index contributed by atoms with van der Waals surface area (Å²) in [5.74, 6) is 3.65. The molecule has 0 saturated carbocycles. The topological polar surface area (TPSA) is 53.5 Å². The Balaban J connectivity index is 1.47. The zero-order chi connectivity index (χ0) is 18.3. The lowest BCUT2D eigenvalue weighted by Gasteiger charge is -2.10. The van der Waals surface area contributed by atoms with Gasteiger partial charge in [-0.2, -0.15) is 0 Å². The minimum absolute atomic E-state index is 0.528. The Morgan fingerprint density at radius 3 is 1.30 bits per heavy atom. The van der Waals surface area contributed by atoms with Crippen LogP contribution in [-0.2, 0) is 0 Å². The van der Waals surface area contributed by atoms with E-state index in [-0.39, 0.29) is 0 Å². The van der Waals surface area contributed by atoms with E-state index in [1.165, 1.54) is 0 Å². The zero-order valence-electron chi connectivity index (χ0n) is 14.4. The van der Waals surface area contributed by atoms with Crippen molar-refractivity contribution in [1.82, 2.24) is 9.97 Å². The van der Waals surface area contributed by atoms with E-state index < -0.39 is 0 Å². The summed E-state index contributed by atoms with van der Waals surface area (Å²) in [7, 11) is 0. The molecule has 0 spiro atoms. The van der Waals surface area contributed by atoms with Crippen molar-refractivity contribution in [1.29, 1.82) is 0 Å². The van der Waals surface area contributed by atoms with Gasteiger partial charge in [0.15, 0.2) is 0 Å². The number of ether oxygens (including phenoxy) is 3. The second-order valence-corrected chi connectivity index (χ2v) is 5.59. The summed E-state index contributed by atoms with van der Waals surface area (Å²) in [6.45, 7) is 0. The van der Waals surface area contributed by atoms with E-state index in [2.05, 4.69) is 9.97 Å². The maximum atomic E-state index is 5.93. The minimum Gasteiger partial charge on any atom is -0.457 e. The third-order valence-corrected chi connectivity index (χ3v) is 3.57. The summed E-state index contributed by atoms with van der Waals surface area (Å²) in [5.41, 5.74) is 0. The summed E-state index contributed by atoms with van der Waals surface area (Å²) in [6.07, 6.45) is 3.37. The number of benzene rings is 2. The molecule has 0 amide bonds. The van der Waals surface area contributed by atoms with Crippen molar-refractivity contribution < 1.29 is 14.2 Å². The van der Waals surface area contributed by atoms with Crippen LogP contribution >= 0.6 is 0 Å². The molecular formula is C22H16N2O3. The molecule has 0 atom stereocenters. The van der Waals surface area contributed by atoms with Crippen LogP contribution in [0.2, 0.25) is 0 Å². The molecule has 0 fully saturated rings. The van der Waals surface area contributed by atoms with E-state index in [9.17, 15) is 0 Å². The molecule has 5 nitrogen and oxygen atoms in total. The molecular weight excluding hydrogens is 340 g/mol. The Bertz CT molecular complexity index is 925. The van der Waals surface area contributed by atoms with Gasteiger partial charge < -0.3 is 14.2 Å². The van der Waals surface area contributed by atoms with Crippen LogP contribution in [0, 0.1) is 0 Å². The summed E-state index contributed by atoms with van der Waals surface area (Å²) < 4.78 is 17.4. The molecule has 4 rings (SSSR count). The van der Waals surface area contributed by atoms with Crippen molar-refractivity contribution in [3.63, 3.8) is 0 Å². The largest absolute Gasteiger partial charge is 0.457 e. The Labute approximate surface area is 156 Å². The minimum atomic E-state index is 0.528. The molecule has 0 aliphatic carbocycles. The third kappa shape index (κ3) is 4.61. The first kappa shape index (κ1) is 16.6. The van der Waals surface area contributed by atoms with E-state index >= 15 is 0 Å². The summed E-state index contributed by atoms with van der Waals surface area (Å²) in [4.78, 5) is 8.31. The summed E-state index contributed by atoms with van der Waals surface area (Å²) in [6, 6.07) is 25.8. The van der Waals surface area contributed by atoms with Gasteiger partial charge in [0.05, 0.1) is 0 Å². The Morgan fingerprint density at radius 1 is 0.444 bits per heavy atom. The fraction of sp³-hybridized carbons (Fsp3) is 0. The van der Waals surface area contributed by atoms with E-state index in [0.717, 1.165) is 0 Å². The normalized spacial score (nSPS) is 10.2. The highest BCUT2D eigenvalue weighted by Crippen LogP contribution is 2.30. The van der Waals surface area contributed by atoms with Crippen molar-refractivity contribution in [2.45, 2.75) is 0 Å². The van der Waals surface area contributed by atoms with Gasteiger partial charge in [-0.25, -0.2) is 9.97 Å². The highest BCUT2D eigenvalue weighted by atomic mass is 16.5. The van der Waals surface area contributed by atoms with Crippen molar-refractivity contribution in [2.24, 2.45) is 0 Å². The maximum Gasteiger partial charge on any atom is 0.219 e. The lowest BCUT2D eigenvalue weighted by atomic mass is 10.3. The number of aromatic nitrogens is 2. The first-order chi connectivity index (χ1) is 13.3. The first-order valence-electron chi connectivity index (χ1n) is 8.41. The van der Waals surface area contributed by atoms with Gasteiger partial charge in [0.25, 0.3) is 0 Å². The number of rotatable bonds is 6. The first-order valence-corrected chi connectivity index (χ1v) is 8.41.